The lowest BCUT2D eigenvalue weighted by molar-refractivity contribution is -0.219. The zero-order chi connectivity index (χ0) is 42.9. The summed E-state index contributed by atoms with van der Waals surface area (Å²) in [5, 5.41) is 37.4. The topological polar surface area (TPSA) is 182 Å². The molecule has 2 aromatic carbocycles. The number of aliphatic hydroxyl groups is 3. The molecule has 0 spiro atoms. The quantitative estimate of drug-likeness (QED) is 0.112. The number of hydrogen-bond donors (Lipinski definition) is 6. The van der Waals surface area contributed by atoms with Gasteiger partial charge in [-0.3, -0.25) is 19.4 Å². The van der Waals surface area contributed by atoms with Gasteiger partial charge in [0.1, 0.15) is 12.2 Å². The number of nitrogens with zero attached hydrogens (tertiary/aromatic N) is 2. The molecular formula is C47H60FN5O6. The predicted molar refractivity (Wildman–Crippen MR) is 229 cm³/mol. The lowest BCUT2D eigenvalue weighted by atomic mass is 9.44. The number of H-pyrrole nitrogens is 1. The zero-order valence-electron chi connectivity index (χ0n) is 35.1. The minimum atomic E-state index is -1.98. The van der Waals surface area contributed by atoms with E-state index in [4.69, 9.17) is 5.73 Å². The van der Waals surface area contributed by atoms with Crippen molar-refractivity contribution in [2.75, 3.05) is 38.5 Å². The van der Waals surface area contributed by atoms with Gasteiger partial charge in [-0.05, 0) is 113 Å². The second kappa shape index (κ2) is 17.1. The van der Waals surface area contributed by atoms with E-state index >= 15 is 4.39 Å². The highest BCUT2D eigenvalue weighted by Gasteiger charge is 2.75. The Hall–Kier alpha value is -4.75. The third kappa shape index (κ3) is 7.53. The number of aromatic amines is 1. The molecule has 3 fully saturated rings. The van der Waals surface area contributed by atoms with E-state index in [9.17, 15) is 29.7 Å². The van der Waals surface area contributed by atoms with Gasteiger partial charge >= 0.3 is 0 Å². The number of anilines is 1. The van der Waals surface area contributed by atoms with Crippen LogP contribution in [-0.2, 0) is 9.59 Å². The number of aliphatic hydroxyl groups excluding tert-OH is 2. The number of halogens is 1. The Labute approximate surface area is 346 Å². The Morgan fingerprint density at radius 1 is 1.05 bits per heavy atom. The maximum Gasteiger partial charge on any atom is 0.251 e. The molecule has 0 unspecified atom stereocenters. The molecule has 11 nitrogen and oxygen atoms in total. The smallest absolute Gasteiger partial charge is 0.251 e. The van der Waals surface area contributed by atoms with E-state index < -0.39 is 52.4 Å². The minimum absolute atomic E-state index is 0.0443. The fraction of sp³-hybridized carbons (Fsp3) is 0.489. The number of para-hydroxylation sites is 1. The number of aromatic nitrogens is 2. The molecule has 4 aliphatic carbocycles. The second-order valence-electron chi connectivity index (χ2n) is 17.1. The maximum absolute atomic E-state index is 16.9. The number of ketones is 2. The second-order valence-corrected chi connectivity index (χ2v) is 17.1. The van der Waals surface area contributed by atoms with Gasteiger partial charge in [0.2, 0.25) is 0 Å². The van der Waals surface area contributed by atoms with Crippen LogP contribution in [0.3, 0.4) is 0 Å². The van der Waals surface area contributed by atoms with Gasteiger partial charge in [0.25, 0.3) is 5.91 Å². The molecule has 8 atom stereocenters. The summed E-state index contributed by atoms with van der Waals surface area (Å²) >= 11 is 0. The van der Waals surface area contributed by atoms with E-state index in [0.29, 0.717) is 42.6 Å². The highest BCUT2D eigenvalue weighted by molar-refractivity contribution is 6.07. The number of amides is 1. The summed E-state index contributed by atoms with van der Waals surface area (Å²) in [7, 11) is 0. The van der Waals surface area contributed by atoms with Crippen molar-refractivity contribution in [3.63, 3.8) is 0 Å². The monoisotopic (exact) mass is 809 g/mol. The number of nitrogens with one attached hydrogen (secondary N) is 2. The van der Waals surface area contributed by atoms with Crippen molar-refractivity contribution in [1.82, 2.24) is 20.2 Å². The first kappa shape index (κ1) is 43.8. The molecule has 59 heavy (non-hydrogen) atoms. The average Bonchev–Trinajstić information content (AvgIpc) is 3.70. The predicted octanol–water partition coefficient (Wildman–Crippen LogP) is 6.26. The molecule has 0 aliphatic heterocycles. The standard InChI is InChI=1S/C22H29FO5.C13H21N3O.C12H10N2/c1-12-8-16-15-5-4-13-9-14(25)6-7-19(13,2)21(15,23)17(26)10-20(16,3)22(12,28)18(27)11-24;1-3-16(4-2)10-9-15-13(17)11-5-7-12(14)8-6-11;1-8-12-10(6-7-13-8)9-4-2-3-5-11(9)14-12/h6-7,9,12,15-17,24,26,28H,4-5,8,10-11H2,1-3H3;5-8H,3-4,9-10,14H2,1-2H3,(H,15,17);2-7,14H,1H3/t12-,15+,16+,17+,19+,20+,21+,22+;;/m1../s1. The number of allylic oxidation sites excluding steroid dienone is 4. The number of Topliss-reactive ketones (excluding diaryl/α,β-unsaturated/α-hetero) is 1. The lowest BCUT2D eigenvalue weighted by Crippen LogP contribution is -2.69. The van der Waals surface area contributed by atoms with Crippen LogP contribution in [0.5, 0.6) is 0 Å². The van der Waals surface area contributed by atoms with Gasteiger partial charge in [-0.1, -0.05) is 57.5 Å². The van der Waals surface area contributed by atoms with Crippen LogP contribution in [-0.4, -0.2) is 97.8 Å². The Balaban J connectivity index is 0.000000161. The van der Waals surface area contributed by atoms with Crippen molar-refractivity contribution >= 4 is 45.0 Å². The molecule has 7 N–H and O–H groups in total. The lowest BCUT2D eigenvalue weighted by Gasteiger charge is -2.62. The summed E-state index contributed by atoms with van der Waals surface area (Å²) < 4.78 is 16.9. The molecule has 2 heterocycles. The fourth-order valence-electron chi connectivity index (χ4n) is 10.8. The van der Waals surface area contributed by atoms with E-state index in [1.54, 1.807) is 51.1 Å². The number of fused-ring (bicyclic) bond motifs is 8. The molecule has 2 aromatic heterocycles. The van der Waals surface area contributed by atoms with Crippen molar-refractivity contribution in [3.8, 4) is 0 Å². The SMILES string of the molecule is CCN(CC)CCNC(=O)c1ccc(N)cc1.C[C@@H]1C[C@H]2[C@@H]3CCC4=CC(=O)C=C[C@]4(C)[C@@]3(F)[C@@H](O)C[C@]2(C)[C@@]1(O)C(=O)CO.Cc1nccc2c1[nH]c1ccccc12. The van der Waals surface area contributed by atoms with Crippen LogP contribution in [0, 0.1) is 35.5 Å². The third-order valence-corrected chi connectivity index (χ3v) is 14.2. The van der Waals surface area contributed by atoms with E-state index in [0.717, 1.165) is 30.8 Å². The molecule has 0 radical (unpaired) electrons. The normalized spacial score (nSPS) is 30.6. The number of rotatable bonds is 8. The Morgan fingerprint density at radius 2 is 1.75 bits per heavy atom. The number of pyridine rings is 1. The van der Waals surface area contributed by atoms with Gasteiger partial charge in [0.15, 0.2) is 17.2 Å². The first-order valence-corrected chi connectivity index (χ1v) is 20.9. The molecule has 3 saturated carbocycles. The molecule has 0 bridgehead atoms. The number of nitrogens with two attached hydrogens (primary N) is 1. The number of aryl methyl sites for hydroxylation is 1. The minimum Gasteiger partial charge on any atom is -0.399 e. The molecule has 1 amide bonds. The number of alkyl halides is 1. The molecule has 4 aliphatic rings. The average molecular weight is 810 g/mol. The van der Waals surface area contributed by atoms with Crippen molar-refractivity contribution in [3.05, 3.63) is 95.9 Å². The van der Waals surface area contributed by atoms with Gasteiger partial charge in [-0.25, -0.2) is 4.39 Å². The molecule has 4 aromatic rings. The van der Waals surface area contributed by atoms with E-state index in [2.05, 4.69) is 58.3 Å². The Morgan fingerprint density at radius 3 is 2.42 bits per heavy atom. The summed E-state index contributed by atoms with van der Waals surface area (Å²) in [5.41, 5.74) is 5.10. The van der Waals surface area contributed by atoms with Gasteiger partial charge in [-0.15, -0.1) is 0 Å². The maximum atomic E-state index is 16.9. The van der Waals surface area contributed by atoms with Crippen LogP contribution < -0.4 is 11.1 Å². The Bertz CT molecular complexity index is 2250. The van der Waals surface area contributed by atoms with Gasteiger partial charge in [-0.2, -0.15) is 0 Å². The number of nitrogen functional groups attached to an aromatic ring is 1. The molecule has 316 valence electrons. The molecule has 12 heteroatoms. The van der Waals surface area contributed by atoms with Crippen molar-refractivity contribution in [2.45, 2.75) is 84.6 Å². The van der Waals surface area contributed by atoms with Crippen LogP contribution in [0.1, 0.15) is 76.4 Å². The summed E-state index contributed by atoms with van der Waals surface area (Å²) in [6.07, 6.45) is 6.30. The van der Waals surface area contributed by atoms with Crippen LogP contribution in [0.25, 0.3) is 21.8 Å². The number of hydrogen-bond acceptors (Lipinski definition) is 9. The largest absolute Gasteiger partial charge is 0.399 e. The van der Waals surface area contributed by atoms with Crippen LogP contribution in [0.15, 0.2) is 84.6 Å². The van der Waals surface area contributed by atoms with E-state index in [1.807, 2.05) is 19.2 Å². The van der Waals surface area contributed by atoms with Crippen molar-refractivity contribution in [1.29, 1.82) is 0 Å². The van der Waals surface area contributed by atoms with Gasteiger partial charge in [0.05, 0.1) is 17.3 Å². The summed E-state index contributed by atoms with van der Waals surface area (Å²) in [6.45, 7) is 14.3. The number of likely N-dealkylation sites (N-methyl/N-ethyl adjacent to an activating group) is 1. The van der Waals surface area contributed by atoms with E-state index in [1.165, 1.54) is 28.4 Å². The highest BCUT2D eigenvalue weighted by atomic mass is 19.1. The van der Waals surface area contributed by atoms with Gasteiger partial charge < -0.3 is 36.3 Å². The Kier molecular flexibility index (Phi) is 12.7. The van der Waals surface area contributed by atoms with Crippen LogP contribution in [0.4, 0.5) is 10.1 Å². The highest BCUT2D eigenvalue weighted by Crippen LogP contribution is 2.70. The van der Waals surface area contributed by atoms with Gasteiger partial charge in [0, 0.05) is 63.6 Å². The van der Waals surface area contributed by atoms with Crippen molar-refractivity contribution < 1.29 is 34.1 Å². The number of carbonyl (C=O) groups excluding carboxylic acids is 3. The molecule has 8 rings (SSSR count). The fourth-order valence-corrected chi connectivity index (χ4v) is 10.8. The third-order valence-electron chi connectivity index (χ3n) is 14.2. The molecular weight excluding hydrogens is 750 g/mol. The summed E-state index contributed by atoms with van der Waals surface area (Å²) in [4.78, 5) is 46.0. The number of carbonyl (C=O) groups is 3. The van der Waals surface area contributed by atoms with Crippen LogP contribution in [0.2, 0.25) is 0 Å². The zero-order valence-corrected chi connectivity index (χ0v) is 35.1. The van der Waals surface area contributed by atoms with Crippen molar-refractivity contribution in [2.24, 2.45) is 28.6 Å². The molecule has 0 saturated heterocycles. The van der Waals surface area contributed by atoms with Crippen LogP contribution >= 0.6 is 0 Å². The summed E-state index contributed by atoms with van der Waals surface area (Å²) in [6, 6.07) is 17.3. The summed E-state index contributed by atoms with van der Waals surface area (Å²) in [5.74, 6) is -2.16. The first-order valence-electron chi connectivity index (χ1n) is 20.9. The first-order chi connectivity index (χ1) is 28.0. The van der Waals surface area contributed by atoms with E-state index in [-0.39, 0.29) is 24.0 Å². The number of benzene rings is 2.